The van der Waals surface area contributed by atoms with Gasteiger partial charge in [0.1, 0.15) is 6.10 Å². The van der Waals surface area contributed by atoms with Crippen molar-refractivity contribution < 1.29 is 9.52 Å². The minimum atomic E-state index is -0.928. The number of aliphatic hydroxyl groups excluding tert-OH is 1. The summed E-state index contributed by atoms with van der Waals surface area (Å²) in [6, 6.07) is 3.10. The second-order valence-electron chi connectivity index (χ2n) is 3.70. The van der Waals surface area contributed by atoms with Gasteiger partial charge in [-0.3, -0.25) is 4.98 Å². The van der Waals surface area contributed by atoms with Crippen LogP contribution in [0.25, 0.3) is 11.5 Å². The quantitative estimate of drug-likeness (QED) is 0.815. The highest BCUT2D eigenvalue weighted by molar-refractivity contribution is 5.50. The second kappa shape index (κ2) is 5.03. The maximum absolute atomic E-state index is 9.82. The van der Waals surface area contributed by atoms with E-state index in [0.717, 1.165) is 5.56 Å². The summed E-state index contributed by atoms with van der Waals surface area (Å²) in [7, 11) is 0. The average Bonchev–Trinajstić information content (AvgIpc) is 2.87. The standard InChI is InChI=1S/C11H14N4O2/c1-2-8(12)9(16)11-15-14-10(17-11)7-3-5-13-6-4-7/h3-6,8-9,16H,2,12H2,1H3. The van der Waals surface area contributed by atoms with Gasteiger partial charge in [-0.1, -0.05) is 6.92 Å². The summed E-state index contributed by atoms with van der Waals surface area (Å²) >= 11 is 0. The molecule has 3 N–H and O–H groups in total. The van der Waals surface area contributed by atoms with Crippen molar-refractivity contribution in [2.75, 3.05) is 0 Å². The molecular formula is C11H14N4O2. The normalized spacial score (nSPS) is 14.5. The summed E-state index contributed by atoms with van der Waals surface area (Å²) in [6.07, 6.45) is 2.97. The number of pyridine rings is 1. The van der Waals surface area contributed by atoms with Crippen LogP contribution in [0.15, 0.2) is 28.9 Å². The highest BCUT2D eigenvalue weighted by Gasteiger charge is 2.21. The molecule has 0 amide bonds. The second-order valence-corrected chi connectivity index (χ2v) is 3.70. The Morgan fingerprint density at radius 1 is 1.35 bits per heavy atom. The molecule has 6 heteroatoms. The van der Waals surface area contributed by atoms with E-state index in [-0.39, 0.29) is 5.89 Å². The first-order valence-electron chi connectivity index (χ1n) is 5.39. The molecule has 0 aliphatic carbocycles. The van der Waals surface area contributed by atoms with E-state index in [0.29, 0.717) is 12.3 Å². The van der Waals surface area contributed by atoms with Crippen LogP contribution in [0.3, 0.4) is 0 Å². The van der Waals surface area contributed by atoms with Gasteiger partial charge in [-0.05, 0) is 18.6 Å². The van der Waals surface area contributed by atoms with Crippen molar-refractivity contribution in [1.29, 1.82) is 0 Å². The summed E-state index contributed by atoms with van der Waals surface area (Å²) in [5.74, 6) is 0.496. The highest BCUT2D eigenvalue weighted by Crippen LogP contribution is 2.21. The molecule has 0 spiro atoms. The number of hydrogen-bond donors (Lipinski definition) is 2. The number of aromatic nitrogens is 3. The van der Waals surface area contributed by atoms with Crippen LogP contribution in [0, 0.1) is 0 Å². The smallest absolute Gasteiger partial charge is 0.248 e. The molecule has 17 heavy (non-hydrogen) atoms. The lowest BCUT2D eigenvalue weighted by atomic mass is 10.1. The Bertz CT molecular complexity index is 471. The molecule has 90 valence electrons. The molecule has 0 aliphatic heterocycles. The molecular weight excluding hydrogens is 220 g/mol. The van der Waals surface area contributed by atoms with Gasteiger partial charge in [0.2, 0.25) is 11.8 Å². The Labute approximate surface area is 98.5 Å². The Kier molecular flexibility index (Phi) is 3.46. The molecule has 2 aromatic rings. The van der Waals surface area contributed by atoms with E-state index >= 15 is 0 Å². The average molecular weight is 234 g/mol. The zero-order valence-electron chi connectivity index (χ0n) is 9.45. The van der Waals surface area contributed by atoms with Gasteiger partial charge in [0.25, 0.3) is 0 Å². The molecule has 2 heterocycles. The molecule has 0 fully saturated rings. The van der Waals surface area contributed by atoms with Crippen LogP contribution in [0.2, 0.25) is 0 Å². The minimum absolute atomic E-state index is 0.145. The largest absolute Gasteiger partial charge is 0.418 e. The number of nitrogens with two attached hydrogens (primary N) is 1. The molecule has 0 radical (unpaired) electrons. The first-order chi connectivity index (χ1) is 8.22. The maximum atomic E-state index is 9.82. The summed E-state index contributed by atoms with van der Waals surface area (Å²) in [5.41, 5.74) is 6.47. The van der Waals surface area contributed by atoms with Gasteiger partial charge in [-0.2, -0.15) is 0 Å². The summed E-state index contributed by atoms with van der Waals surface area (Å²) < 4.78 is 5.37. The van der Waals surface area contributed by atoms with Gasteiger partial charge in [-0.15, -0.1) is 10.2 Å². The fourth-order valence-corrected chi connectivity index (χ4v) is 1.37. The number of nitrogens with zero attached hydrogens (tertiary/aromatic N) is 3. The van der Waals surface area contributed by atoms with E-state index in [1.54, 1.807) is 24.5 Å². The molecule has 0 aromatic carbocycles. The van der Waals surface area contributed by atoms with Crippen LogP contribution in [0.4, 0.5) is 0 Å². The lowest BCUT2D eigenvalue weighted by Gasteiger charge is -2.12. The van der Waals surface area contributed by atoms with Crippen molar-refractivity contribution in [2.45, 2.75) is 25.5 Å². The van der Waals surface area contributed by atoms with E-state index in [9.17, 15) is 5.11 Å². The van der Waals surface area contributed by atoms with Gasteiger partial charge in [-0.25, -0.2) is 0 Å². The van der Waals surface area contributed by atoms with Crippen LogP contribution < -0.4 is 5.73 Å². The molecule has 0 saturated heterocycles. The first-order valence-corrected chi connectivity index (χ1v) is 5.39. The van der Waals surface area contributed by atoms with Crippen LogP contribution in [0.1, 0.15) is 25.3 Å². The Morgan fingerprint density at radius 2 is 2.06 bits per heavy atom. The monoisotopic (exact) mass is 234 g/mol. The van der Waals surface area contributed by atoms with E-state index in [1.807, 2.05) is 6.92 Å². The van der Waals surface area contributed by atoms with Crippen molar-refractivity contribution >= 4 is 0 Å². The number of hydrogen-bond acceptors (Lipinski definition) is 6. The maximum Gasteiger partial charge on any atom is 0.248 e. The Hall–Kier alpha value is -1.79. The lowest BCUT2D eigenvalue weighted by Crippen LogP contribution is -2.27. The van der Waals surface area contributed by atoms with Gasteiger partial charge in [0.15, 0.2) is 0 Å². The number of rotatable bonds is 4. The van der Waals surface area contributed by atoms with Crippen LogP contribution in [0.5, 0.6) is 0 Å². The molecule has 6 nitrogen and oxygen atoms in total. The molecule has 0 saturated carbocycles. The number of aliphatic hydroxyl groups is 1. The van der Waals surface area contributed by atoms with Crippen molar-refractivity contribution in [2.24, 2.45) is 5.73 Å². The fraction of sp³-hybridized carbons (Fsp3) is 0.364. The minimum Gasteiger partial charge on any atom is -0.418 e. The van der Waals surface area contributed by atoms with Crippen LogP contribution >= 0.6 is 0 Å². The Balaban J connectivity index is 2.22. The zero-order chi connectivity index (χ0) is 12.3. The molecule has 0 aliphatic rings. The van der Waals surface area contributed by atoms with E-state index in [2.05, 4.69) is 15.2 Å². The molecule has 2 rings (SSSR count). The third-order valence-corrected chi connectivity index (χ3v) is 2.50. The Morgan fingerprint density at radius 3 is 2.71 bits per heavy atom. The molecule has 2 unspecified atom stereocenters. The molecule has 0 bridgehead atoms. The van der Waals surface area contributed by atoms with Crippen molar-refractivity contribution in [3.8, 4) is 11.5 Å². The van der Waals surface area contributed by atoms with Gasteiger partial charge in [0, 0.05) is 24.0 Å². The predicted molar refractivity (Wildman–Crippen MR) is 60.8 cm³/mol. The molecule has 2 atom stereocenters. The third kappa shape index (κ3) is 2.48. The predicted octanol–water partition coefficient (Wildman–Crippen LogP) is 0.902. The SMILES string of the molecule is CCC(N)C(O)c1nnc(-c2ccncc2)o1. The fourth-order valence-electron chi connectivity index (χ4n) is 1.37. The summed E-state index contributed by atoms with van der Waals surface area (Å²) in [5, 5.41) is 17.5. The first kappa shape index (κ1) is 11.7. The topological polar surface area (TPSA) is 98.1 Å². The van der Waals surface area contributed by atoms with Gasteiger partial charge < -0.3 is 15.3 Å². The van der Waals surface area contributed by atoms with Gasteiger partial charge >= 0.3 is 0 Å². The van der Waals surface area contributed by atoms with Crippen molar-refractivity contribution in [3.63, 3.8) is 0 Å². The van der Waals surface area contributed by atoms with Crippen LogP contribution in [-0.4, -0.2) is 26.3 Å². The van der Waals surface area contributed by atoms with Crippen molar-refractivity contribution in [3.05, 3.63) is 30.4 Å². The van der Waals surface area contributed by atoms with Crippen molar-refractivity contribution in [1.82, 2.24) is 15.2 Å². The third-order valence-electron chi connectivity index (χ3n) is 2.50. The van der Waals surface area contributed by atoms with E-state index < -0.39 is 12.1 Å². The van der Waals surface area contributed by atoms with E-state index in [1.165, 1.54) is 0 Å². The van der Waals surface area contributed by atoms with Gasteiger partial charge in [0.05, 0.1) is 0 Å². The highest BCUT2D eigenvalue weighted by atomic mass is 16.4. The van der Waals surface area contributed by atoms with Crippen LogP contribution in [-0.2, 0) is 0 Å². The zero-order valence-corrected chi connectivity index (χ0v) is 9.45. The molecule has 2 aromatic heterocycles. The summed E-state index contributed by atoms with van der Waals surface area (Å²) in [4.78, 5) is 3.90. The summed E-state index contributed by atoms with van der Waals surface area (Å²) in [6.45, 7) is 1.88. The lowest BCUT2D eigenvalue weighted by molar-refractivity contribution is 0.114. The van der Waals surface area contributed by atoms with E-state index in [4.69, 9.17) is 10.2 Å².